The maximum atomic E-state index is 12.3. The number of rotatable bonds is 7. The van der Waals surface area contributed by atoms with Crippen molar-refractivity contribution in [3.05, 3.63) is 64.2 Å². The summed E-state index contributed by atoms with van der Waals surface area (Å²) in [6.45, 7) is 1.70. The first-order valence-corrected chi connectivity index (χ1v) is 10.0. The summed E-state index contributed by atoms with van der Waals surface area (Å²) in [6, 6.07) is 12.9. The van der Waals surface area contributed by atoms with Gasteiger partial charge < -0.3 is 15.4 Å². The first kappa shape index (κ1) is 22.0. The minimum absolute atomic E-state index is 0.0179. The fourth-order valence-electron chi connectivity index (χ4n) is 2.71. The fourth-order valence-corrected chi connectivity index (χ4v) is 3.62. The lowest BCUT2D eigenvalue weighted by atomic mass is 10.1. The number of nitro groups is 1. The number of hydrogen-bond acceptors (Lipinski definition) is 8. The van der Waals surface area contributed by atoms with E-state index in [9.17, 15) is 19.7 Å². The molecule has 0 aromatic heterocycles. The van der Waals surface area contributed by atoms with Crippen LogP contribution in [-0.4, -0.2) is 40.0 Å². The number of amides is 2. The maximum absolute atomic E-state index is 12.3. The highest BCUT2D eigenvalue weighted by Crippen LogP contribution is 2.26. The molecule has 10 nitrogen and oxygen atoms in total. The van der Waals surface area contributed by atoms with E-state index < -0.39 is 10.2 Å². The Bertz CT molecular complexity index is 1070. The average molecular weight is 441 g/mol. The van der Waals surface area contributed by atoms with Gasteiger partial charge in [-0.2, -0.15) is 5.10 Å². The van der Waals surface area contributed by atoms with Crippen molar-refractivity contribution < 1.29 is 19.2 Å². The van der Waals surface area contributed by atoms with E-state index >= 15 is 0 Å². The van der Waals surface area contributed by atoms with Crippen molar-refractivity contribution >= 4 is 45.8 Å². The lowest BCUT2D eigenvalue weighted by Gasteiger charge is -2.10. The van der Waals surface area contributed by atoms with E-state index in [1.807, 2.05) is 0 Å². The highest BCUT2D eigenvalue weighted by Gasteiger charge is 2.32. The minimum atomic E-state index is -0.636. The van der Waals surface area contributed by atoms with Crippen molar-refractivity contribution in [2.45, 2.75) is 18.6 Å². The monoisotopic (exact) mass is 441 g/mol. The Balaban J connectivity index is 1.61. The molecule has 0 bridgehead atoms. The highest BCUT2D eigenvalue weighted by molar-refractivity contribution is 8.15. The molecule has 1 saturated heterocycles. The van der Waals surface area contributed by atoms with Gasteiger partial charge in [0, 0.05) is 18.6 Å². The zero-order valence-electron chi connectivity index (χ0n) is 16.7. The molecule has 2 aromatic rings. The second-order valence-corrected chi connectivity index (χ2v) is 7.63. The Kier molecular flexibility index (Phi) is 6.98. The third-order valence-electron chi connectivity index (χ3n) is 4.32. The van der Waals surface area contributed by atoms with Crippen LogP contribution in [0.5, 0.6) is 5.75 Å². The van der Waals surface area contributed by atoms with Crippen molar-refractivity contribution in [1.82, 2.24) is 5.32 Å². The Morgan fingerprint density at radius 2 is 1.97 bits per heavy atom. The molecular weight excluding hydrogens is 422 g/mol. The number of anilines is 1. The first-order valence-electron chi connectivity index (χ1n) is 9.15. The second-order valence-electron chi connectivity index (χ2n) is 6.44. The molecule has 160 valence electrons. The number of methoxy groups -OCH3 is 1. The summed E-state index contributed by atoms with van der Waals surface area (Å²) in [5.41, 5.74) is 1.69. The highest BCUT2D eigenvalue weighted by atomic mass is 32.2. The Hall–Kier alpha value is -3.73. The van der Waals surface area contributed by atoms with Gasteiger partial charge in [0.05, 0.1) is 23.4 Å². The molecule has 31 heavy (non-hydrogen) atoms. The molecular formula is C20H19N5O5S. The number of non-ortho nitro benzene ring substituents is 1. The lowest BCUT2D eigenvalue weighted by molar-refractivity contribution is -0.384. The number of thioether (sulfide) groups is 1. The van der Waals surface area contributed by atoms with E-state index in [1.165, 1.54) is 19.2 Å². The third kappa shape index (κ3) is 5.66. The van der Waals surface area contributed by atoms with Crippen LogP contribution in [0.1, 0.15) is 18.9 Å². The van der Waals surface area contributed by atoms with Gasteiger partial charge in [-0.25, -0.2) is 0 Å². The smallest absolute Gasteiger partial charge is 0.269 e. The topological polar surface area (TPSA) is 135 Å². The number of carbonyl (C=O) groups excluding carboxylic acids is 2. The van der Waals surface area contributed by atoms with Gasteiger partial charge >= 0.3 is 0 Å². The summed E-state index contributed by atoms with van der Waals surface area (Å²) in [5, 5.41) is 23.8. The summed E-state index contributed by atoms with van der Waals surface area (Å²) >= 11 is 1.11. The van der Waals surface area contributed by atoms with Gasteiger partial charge in [-0.3, -0.25) is 19.7 Å². The van der Waals surface area contributed by atoms with Gasteiger partial charge in [0.15, 0.2) is 5.17 Å². The zero-order chi connectivity index (χ0) is 22.4. The maximum Gasteiger partial charge on any atom is 0.269 e. The van der Waals surface area contributed by atoms with E-state index in [1.54, 1.807) is 43.3 Å². The van der Waals surface area contributed by atoms with Gasteiger partial charge in [-0.15, -0.1) is 5.10 Å². The molecule has 0 unspecified atom stereocenters. The van der Waals surface area contributed by atoms with Crippen LogP contribution < -0.4 is 15.4 Å². The van der Waals surface area contributed by atoms with Crippen molar-refractivity contribution in [2.24, 2.45) is 10.2 Å². The predicted molar refractivity (Wildman–Crippen MR) is 119 cm³/mol. The number of carbonyl (C=O) groups is 2. The summed E-state index contributed by atoms with van der Waals surface area (Å²) in [7, 11) is 1.51. The predicted octanol–water partition coefficient (Wildman–Crippen LogP) is 2.94. The molecule has 1 heterocycles. The SMILES string of the molecule is COc1ccccc1NC(=O)C[C@@H]1S/C(=N/N=C(/C)c2ccc([N+](=O)[O-])cc2)NC1=O. The van der Waals surface area contributed by atoms with Crippen molar-refractivity contribution in [1.29, 1.82) is 0 Å². The van der Waals surface area contributed by atoms with E-state index in [0.29, 0.717) is 22.7 Å². The van der Waals surface area contributed by atoms with E-state index in [4.69, 9.17) is 4.74 Å². The van der Waals surface area contributed by atoms with Crippen LogP contribution in [0.4, 0.5) is 11.4 Å². The molecule has 0 aliphatic carbocycles. The molecule has 1 aliphatic rings. The number of amidine groups is 1. The first-order chi connectivity index (χ1) is 14.9. The van der Waals surface area contributed by atoms with Gasteiger partial charge in [0.1, 0.15) is 11.0 Å². The van der Waals surface area contributed by atoms with Gasteiger partial charge in [0.25, 0.3) is 5.69 Å². The standard InChI is InChI=1S/C20H19N5O5S/c1-12(13-7-9-14(10-8-13)25(28)29)23-24-20-22-19(27)17(31-20)11-18(26)21-15-5-3-4-6-16(15)30-2/h3-10,17H,11H2,1-2H3,(H,21,26)(H,22,24,27)/b23-12-/t17-/m0/s1. The molecule has 2 N–H and O–H groups in total. The molecule has 11 heteroatoms. The molecule has 0 spiro atoms. The van der Waals surface area contributed by atoms with Gasteiger partial charge in [-0.05, 0) is 36.8 Å². The molecule has 0 radical (unpaired) electrons. The number of hydrogen-bond donors (Lipinski definition) is 2. The van der Waals surface area contributed by atoms with Gasteiger partial charge in [0.2, 0.25) is 11.8 Å². The molecule has 2 aromatic carbocycles. The zero-order valence-corrected chi connectivity index (χ0v) is 17.5. The van der Waals surface area contributed by atoms with Crippen LogP contribution in [0.2, 0.25) is 0 Å². The molecule has 1 fully saturated rings. The second kappa shape index (κ2) is 9.85. The van der Waals surface area contributed by atoms with Crippen LogP contribution in [0, 0.1) is 10.1 Å². The molecule has 0 saturated carbocycles. The van der Waals surface area contributed by atoms with Gasteiger partial charge in [-0.1, -0.05) is 23.9 Å². The number of nitro benzene ring substituents is 1. The van der Waals surface area contributed by atoms with E-state index in [0.717, 1.165) is 11.8 Å². The van der Waals surface area contributed by atoms with Crippen LogP contribution in [-0.2, 0) is 9.59 Å². The lowest BCUT2D eigenvalue weighted by Crippen LogP contribution is -2.28. The van der Waals surface area contributed by atoms with Crippen LogP contribution in [0.3, 0.4) is 0 Å². The Labute approximate surface area is 181 Å². The Morgan fingerprint density at radius 1 is 1.26 bits per heavy atom. The largest absolute Gasteiger partial charge is 0.495 e. The molecule has 1 aliphatic heterocycles. The van der Waals surface area contributed by atoms with Crippen LogP contribution in [0.15, 0.2) is 58.7 Å². The van der Waals surface area contributed by atoms with Crippen LogP contribution >= 0.6 is 11.8 Å². The van der Waals surface area contributed by atoms with Crippen molar-refractivity contribution in [3.63, 3.8) is 0 Å². The number of para-hydroxylation sites is 2. The molecule has 2 amide bonds. The molecule has 3 rings (SSSR count). The van der Waals surface area contributed by atoms with Crippen LogP contribution in [0.25, 0.3) is 0 Å². The van der Waals surface area contributed by atoms with Crippen molar-refractivity contribution in [2.75, 3.05) is 12.4 Å². The minimum Gasteiger partial charge on any atom is -0.495 e. The Morgan fingerprint density at radius 3 is 2.65 bits per heavy atom. The summed E-state index contributed by atoms with van der Waals surface area (Å²) in [5.74, 6) is -0.135. The number of nitrogens with zero attached hydrogens (tertiary/aromatic N) is 3. The summed E-state index contributed by atoms with van der Waals surface area (Å²) in [4.78, 5) is 34.8. The molecule has 1 atom stereocenters. The average Bonchev–Trinajstić information content (AvgIpc) is 3.11. The quantitative estimate of drug-likeness (QED) is 0.385. The van der Waals surface area contributed by atoms with E-state index in [2.05, 4.69) is 20.8 Å². The summed E-state index contributed by atoms with van der Waals surface area (Å²) < 4.78 is 5.20. The van der Waals surface area contributed by atoms with Crippen molar-refractivity contribution in [3.8, 4) is 5.75 Å². The number of ether oxygens (including phenoxy) is 1. The number of nitrogens with one attached hydrogen (secondary N) is 2. The normalized spacial score (nSPS) is 17.4. The summed E-state index contributed by atoms with van der Waals surface area (Å²) in [6.07, 6.45) is -0.0430. The number of benzene rings is 2. The van der Waals surface area contributed by atoms with E-state index in [-0.39, 0.29) is 29.1 Å². The fraction of sp³-hybridized carbons (Fsp3) is 0.200. The third-order valence-corrected chi connectivity index (χ3v) is 5.39.